The number of piperazine rings is 1. The fourth-order valence-electron chi connectivity index (χ4n) is 5.95. The van der Waals surface area contributed by atoms with E-state index in [4.69, 9.17) is 15.2 Å². The maximum atomic E-state index is 14.0. The van der Waals surface area contributed by atoms with Crippen molar-refractivity contribution in [2.24, 2.45) is 0 Å². The first kappa shape index (κ1) is 25.0. The van der Waals surface area contributed by atoms with E-state index in [1.54, 1.807) is 0 Å². The molecule has 3 N–H and O–H groups in total. The summed E-state index contributed by atoms with van der Waals surface area (Å²) >= 11 is 0. The van der Waals surface area contributed by atoms with E-state index in [-0.39, 0.29) is 17.3 Å². The third-order valence-electron chi connectivity index (χ3n) is 8.23. The molecule has 0 atom stereocenters. The number of nitrogens with zero attached hydrogens (tertiary/aromatic N) is 2. The van der Waals surface area contributed by atoms with Crippen LogP contribution in [-0.4, -0.2) is 73.8 Å². The molecule has 0 bridgehead atoms. The lowest BCUT2D eigenvalue weighted by Gasteiger charge is -2.43. The number of nitrogen functional groups attached to an aromatic ring is 1. The average Bonchev–Trinajstić information content (AvgIpc) is 3.24. The van der Waals surface area contributed by atoms with Crippen molar-refractivity contribution in [3.05, 3.63) is 58.3 Å². The number of ketones is 1. The van der Waals surface area contributed by atoms with Gasteiger partial charge in [-0.15, -0.1) is 0 Å². The van der Waals surface area contributed by atoms with Crippen molar-refractivity contribution < 1.29 is 14.3 Å². The molecule has 2 saturated heterocycles. The van der Waals surface area contributed by atoms with E-state index < -0.39 is 0 Å². The van der Waals surface area contributed by atoms with Gasteiger partial charge in [-0.3, -0.25) is 9.69 Å². The second kappa shape index (κ2) is 9.46. The number of hydrogen-bond donors (Lipinski definition) is 2. The summed E-state index contributed by atoms with van der Waals surface area (Å²) in [6.45, 7) is 14.2. The van der Waals surface area contributed by atoms with Gasteiger partial charge in [-0.2, -0.15) is 0 Å². The molecule has 2 aliphatic heterocycles. The van der Waals surface area contributed by atoms with E-state index in [0.29, 0.717) is 18.3 Å². The highest BCUT2D eigenvalue weighted by molar-refractivity contribution is 6.20. The lowest BCUT2D eigenvalue weighted by molar-refractivity contribution is -0.0660. The van der Waals surface area contributed by atoms with Crippen LogP contribution in [-0.2, 0) is 14.9 Å². The zero-order valence-electron chi connectivity index (χ0n) is 22.7. The molecular formula is C31H36N4O3. The zero-order chi connectivity index (χ0) is 26.6. The molecule has 7 heteroatoms. The Bertz CT molecular complexity index is 1460. The van der Waals surface area contributed by atoms with Gasteiger partial charge in [0.05, 0.1) is 36.6 Å². The molecule has 0 radical (unpaired) electrons. The van der Waals surface area contributed by atoms with E-state index >= 15 is 0 Å². The van der Waals surface area contributed by atoms with Crippen LogP contribution in [0, 0.1) is 11.8 Å². The van der Waals surface area contributed by atoms with Crippen LogP contribution >= 0.6 is 0 Å². The van der Waals surface area contributed by atoms with Gasteiger partial charge in [-0.25, -0.2) is 0 Å². The monoisotopic (exact) mass is 512 g/mol. The van der Waals surface area contributed by atoms with Gasteiger partial charge in [0.2, 0.25) is 0 Å². The second-order valence-corrected chi connectivity index (χ2v) is 11.4. The number of nitrogens with two attached hydrogens (primary N) is 1. The molecule has 0 unspecified atom stereocenters. The zero-order valence-corrected chi connectivity index (χ0v) is 22.7. The number of nitrogens with one attached hydrogen (secondary N) is 1. The third-order valence-corrected chi connectivity index (χ3v) is 8.23. The minimum atomic E-state index is -0.390. The summed E-state index contributed by atoms with van der Waals surface area (Å²) in [6, 6.07) is 10.5. The van der Waals surface area contributed by atoms with Crippen molar-refractivity contribution in [2.75, 3.05) is 56.6 Å². The summed E-state index contributed by atoms with van der Waals surface area (Å²) in [5.74, 6) is 6.58. The predicted octanol–water partition coefficient (Wildman–Crippen LogP) is 3.92. The van der Waals surface area contributed by atoms with Crippen molar-refractivity contribution in [1.82, 2.24) is 9.88 Å². The molecule has 1 aromatic heterocycles. The Morgan fingerprint density at radius 2 is 1.92 bits per heavy atom. The Hall–Kier alpha value is -3.31. The molecule has 0 spiro atoms. The Balaban J connectivity index is 1.43. The molecule has 38 heavy (non-hydrogen) atoms. The van der Waals surface area contributed by atoms with Crippen molar-refractivity contribution in [1.29, 1.82) is 0 Å². The van der Waals surface area contributed by atoms with Crippen molar-refractivity contribution in [2.45, 2.75) is 45.3 Å². The fraction of sp³-hybridized carbons (Fsp3) is 0.452. The van der Waals surface area contributed by atoms with Crippen LogP contribution in [0.3, 0.4) is 0 Å². The summed E-state index contributed by atoms with van der Waals surface area (Å²) in [5, 5.41) is 0.913. The van der Waals surface area contributed by atoms with Crippen LogP contribution in [0.5, 0.6) is 0 Å². The molecule has 198 valence electrons. The van der Waals surface area contributed by atoms with Gasteiger partial charge in [0, 0.05) is 65.0 Å². The minimum absolute atomic E-state index is 0.0354. The standard InChI is InChI=1S/C31H36N4O3/c1-19(2)38-13-5-6-20-14-24-25(16-27(20)35-11-9-34(10-12-35)22-17-37-18-22)31(3,4)30-28(29(24)36)23-8-7-21(32)15-26(23)33-30/h7-8,14-16,19,22,33H,9-13,17-18,32H2,1-4H3. The van der Waals surface area contributed by atoms with E-state index in [1.807, 2.05) is 38.1 Å². The number of fused-ring (bicyclic) bond motifs is 4. The summed E-state index contributed by atoms with van der Waals surface area (Å²) in [6.07, 6.45) is 0.118. The molecule has 1 aliphatic carbocycles. The normalized spacial score (nSPS) is 19.2. The molecule has 7 nitrogen and oxygen atoms in total. The molecule has 3 heterocycles. The van der Waals surface area contributed by atoms with E-state index in [2.05, 4.69) is 46.5 Å². The van der Waals surface area contributed by atoms with Crippen LogP contribution < -0.4 is 10.6 Å². The molecule has 0 amide bonds. The Morgan fingerprint density at radius 1 is 1.16 bits per heavy atom. The largest absolute Gasteiger partial charge is 0.399 e. The van der Waals surface area contributed by atoms with E-state index in [9.17, 15) is 4.79 Å². The Morgan fingerprint density at radius 3 is 2.61 bits per heavy atom. The SMILES string of the molecule is CC(C)OCC#Cc1cc2c(cc1N1CCN(C3COC3)CC1)C(C)(C)c1[nH]c3cc(N)ccc3c1C2=O. The molecule has 6 rings (SSSR count). The number of H-pyrrole nitrogens is 1. The number of aromatic amines is 1. The maximum Gasteiger partial charge on any atom is 0.195 e. The number of carbonyl (C=O) groups is 1. The van der Waals surface area contributed by atoms with Crippen molar-refractivity contribution >= 4 is 28.1 Å². The average molecular weight is 513 g/mol. The molecule has 3 aromatic rings. The van der Waals surface area contributed by atoms with Crippen LogP contribution in [0.4, 0.5) is 11.4 Å². The fourth-order valence-corrected chi connectivity index (χ4v) is 5.95. The van der Waals surface area contributed by atoms with Crippen LogP contribution in [0.15, 0.2) is 30.3 Å². The summed E-state index contributed by atoms with van der Waals surface area (Å²) < 4.78 is 11.1. The smallest absolute Gasteiger partial charge is 0.195 e. The van der Waals surface area contributed by atoms with Gasteiger partial charge in [-0.05, 0) is 43.7 Å². The Labute approximate surface area is 224 Å². The van der Waals surface area contributed by atoms with Gasteiger partial charge in [0.1, 0.15) is 6.61 Å². The van der Waals surface area contributed by atoms with E-state index in [0.717, 1.165) is 83.9 Å². The summed E-state index contributed by atoms with van der Waals surface area (Å²) in [7, 11) is 0. The first-order valence-electron chi connectivity index (χ1n) is 13.6. The topological polar surface area (TPSA) is 83.8 Å². The highest BCUT2D eigenvalue weighted by Crippen LogP contribution is 2.45. The quantitative estimate of drug-likeness (QED) is 0.407. The lowest BCUT2D eigenvalue weighted by atomic mass is 9.70. The van der Waals surface area contributed by atoms with Gasteiger partial charge in [-0.1, -0.05) is 31.8 Å². The highest BCUT2D eigenvalue weighted by Gasteiger charge is 2.41. The van der Waals surface area contributed by atoms with Crippen LogP contribution in [0.2, 0.25) is 0 Å². The number of benzene rings is 2. The second-order valence-electron chi connectivity index (χ2n) is 11.4. The minimum Gasteiger partial charge on any atom is -0.399 e. The lowest BCUT2D eigenvalue weighted by Crippen LogP contribution is -2.56. The molecule has 2 aromatic carbocycles. The third kappa shape index (κ3) is 4.17. The predicted molar refractivity (Wildman–Crippen MR) is 151 cm³/mol. The molecule has 2 fully saturated rings. The van der Waals surface area contributed by atoms with Crippen LogP contribution in [0.25, 0.3) is 10.9 Å². The number of carbonyl (C=O) groups excluding carboxylic acids is 1. The molecule has 0 saturated carbocycles. The molecule has 3 aliphatic rings. The van der Waals surface area contributed by atoms with Gasteiger partial charge >= 0.3 is 0 Å². The number of ether oxygens (including phenoxy) is 2. The van der Waals surface area contributed by atoms with Crippen LogP contribution in [0.1, 0.15) is 60.4 Å². The number of aromatic nitrogens is 1. The molecular weight excluding hydrogens is 476 g/mol. The van der Waals surface area contributed by atoms with Crippen molar-refractivity contribution in [3.63, 3.8) is 0 Å². The summed E-state index contributed by atoms with van der Waals surface area (Å²) in [4.78, 5) is 22.5. The van der Waals surface area contributed by atoms with Gasteiger partial charge < -0.3 is 25.1 Å². The van der Waals surface area contributed by atoms with E-state index in [1.165, 1.54) is 0 Å². The maximum absolute atomic E-state index is 14.0. The number of hydrogen-bond acceptors (Lipinski definition) is 6. The van der Waals surface area contributed by atoms with Gasteiger partial charge in [0.15, 0.2) is 5.78 Å². The number of anilines is 2. The first-order valence-corrected chi connectivity index (χ1v) is 13.6. The van der Waals surface area contributed by atoms with Gasteiger partial charge in [0.25, 0.3) is 0 Å². The first-order chi connectivity index (χ1) is 18.2. The highest BCUT2D eigenvalue weighted by atomic mass is 16.5. The Kier molecular flexibility index (Phi) is 6.22. The van der Waals surface area contributed by atoms with Crippen molar-refractivity contribution in [3.8, 4) is 11.8 Å². The number of rotatable bonds is 4. The summed E-state index contributed by atoms with van der Waals surface area (Å²) in [5.41, 5.74) is 12.7.